The number of imidazole rings is 1. The minimum absolute atomic E-state index is 0.0104. The highest BCUT2D eigenvalue weighted by Crippen LogP contribution is 2.40. The maximum Gasteiger partial charge on any atom is 0.410 e. The number of fused-ring (bicyclic) bond motifs is 2. The van der Waals surface area contributed by atoms with Gasteiger partial charge >= 0.3 is 6.09 Å². The van der Waals surface area contributed by atoms with Gasteiger partial charge in [0.15, 0.2) is 17.2 Å². The quantitative estimate of drug-likeness (QED) is 0.241. The summed E-state index contributed by atoms with van der Waals surface area (Å²) in [5.41, 5.74) is 4.39. The Kier molecular flexibility index (Phi) is 11.6. The molecule has 4 aliphatic heterocycles. The third-order valence-electron chi connectivity index (χ3n) is 13.2. The Morgan fingerprint density at radius 1 is 0.966 bits per heavy atom. The van der Waals surface area contributed by atoms with Gasteiger partial charge in [-0.25, -0.2) is 23.1 Å². The van der Waals surface area contributed by atoms with Crippen LogP contribution in [-0.2, 0) is 22.4 Å². The molecule has 3 aromatic rings. The smallest absolute Gasteiger partial charge is 0.410 e. The van der Waals surface area contributed by atoms with Crippen molar-refractivity contribution < 1.29 is 27.8 Å². The average Bonchev–Trinajstić information content (AvgIpc) is 3.82. The Labute approximate surface area is 340 Å². The molecule has 1 aliphatic carbocycles. The highest BCUT2D eigenvalue weighted by molar-refractivity contribution is 5.94. The number of benzene rings is 1. The molecule has 13 nitrogen and oxygen atoms in total. The van der Waals surface area contributed by atoms with Gasteiger partial charge in [0.25, 0.3) is 11.8 Å². The normalized spacial score (nSPS) is 24.8. The number of piperidine rings is 3. The first-order valence-corrected chi connectivity index (χ1v) is 21.4. The van der Waals surface area contributed by atoms with Crippen molar-refractivity contribution in [3.63, 3.8) is 0 Å². The van der Waals surface area contributed by atoms with Gasteiger partial charge in [-0.3, -0.25) is 14.6 Å². The maximum absolute atomic E-state index is 16.0. The van der Waals surface area contributed by atoms with Gasteiger partial charge in [0, 0.05) is 58.6 Å². The lowest BCUT2D eigenvalue weighted by molar-refractivity contribution is -0.134. The van der Waals surface area contributed by atoms with Gasteiger partial charge in [-0.2, -0.15) is 0 Å². The third-order valence-corrected chi connectivity index (χ3v) is 13.2. The number of carbonyl (C=O) groups is 2. The molecule has 8 rings (SSSR count). The topological polar surface area (TPSA) is 120 Å². The number of ether oxygens (including phenoxy) is 2. The molecule has 1 unspecified atom stereocenters. The second kappa shape index (κ2) is 16.5. The number of hydrogen-bond donors (Lipinski definition) is 2. The summed E-state index contributed by atoms with van der Waals surface area (Å²) in [7, 11) is 3.49. The lowest BCUT2D eigenvalue weighted by Crippen LogP contribution is -2.59. The Hall–Kier alpha value is -4.08. The fourth-order valence-electron chi connectivity index (χ4n) is 9.95. The molecular formula is C43H61F2N9O4. The first kappa shape index (κ1) is 40.7. The number of nitrogens with zero attached hydrogens (tertiary/aromatic N) is 7. The molecule has 58 heavy (non-hydrogen) atoms. The Morgan fingerprint density at radius 3 is 2.36 bits per heavy atom. The summed E-state index contributed by atoms with van der Waals surface area (Å²) < 4.78 is 44.7. The van der Waals surface area contributed by atoms with Crippen molar-refractivity contribution in [2.75, 3.05) is 70.2 Å². The molecule has 1 aromatic carbocycles. The number of likely N-dealkylation sites (tertiary alicyclic amines) is 3. The number of nitrogens with one attached hydrogen (secondary N) is 2. The van der Waals surface area contributed by atoms with Crippen molar-refractivity contribution in [1.29, 1.82) is 0 Å². The number of anilines is 3. The molecular weight excluding hydrogens is 745 g/mol. The van der Waals surface area contributed by atoms with Crippen molar-refractivity contribution in [1.82, 2.24) is 34.6 Å². The van der Waals surface area contributed by atoms with Crippen LogP contribution >= 0.6 is 0 Å². The monoisotopic (exact) mass is 805 g/mol. The second-order valence-electron chi connectivity index (χ2n) is 18.2. The molecule has 6 heterocycles. The summed E-state index contributed by atoms with van der Waals surface area (Å²) >= 11 is 0. The van der Waals surface area contributed by atoms with E-state index in [1.165, 1.54) is 0 Å². The predicted molar refractivity (Wildman–Crippen MR) is 219 cm³/mol. The van der Waals surface area contributed by atoms with E-state index in [1.807, 2.05) is 49.8 Å². The first-order valence-electron chi connectivity index (χ1n) is 21.4. The van der Waals surface area contributed by atoms with Gasteiger partial charge in [0.2, 0.25) is 0 Å². The summed E-state index contributed by atoms with van der Waals surface area (Å²) in [5, 5.41) is 11.2. The molecule has 4 fully saturated rings. The SMILES string of the molecule is CNc1cc(N2CCc3c(CN4CCC(N5CCC(CC6CCN(C(=O)OC(C)(C)C)CC6)CC5)C(F)(F)C4)cccc32)nn2c(C(=O)N[C@@H]3CC[C@H]3OC)cnc12. The van der Waals surface area contributed by atoms with E-state index in [9.17, 15) is 9.59 Å². The predicted octanol–water partition coefficient (Wildman–Crippen LogP) is 6.33. The first-order chi connectivity index (χ1) is 27.8. The maximum atomic E-state index is 16.0. The Morgan fingerprint density at radius 2 is 1.71 bits per heavy atom. The molecule has 2 aromatic heterocycles. The zero-order valence-corrected chi connectivity index (χ0v) is 34.8. The van der Waals surface area contributed by atoms with Crippen LogP contribution in [0.5, 0.6) is 0 Å². The zero-order valence-electron chi connectivity index (χ0n) is 34.8. The van der Waals surface area contributed by atoms with Gasteiger partial charge in [0.1, 0.15) is 5.60 Å². The van der Waals surface area contributed by atoms with Crippen molar-refractivity contribution in [2.24, 2.45) is 11.8 Å². The van der Waals surface area contributed by atoms with E-state index in [1.54, 1.807) is 17.8 Å². The molecule has 316 valence electrons. The highest BCUT2D eigenvalue weighted by Gasteiger charge is 2.48. The summed E-state index contributed by atoms with van der Waals surface area (Å²) in [5.74, 6) is -1.25. The van der Waals surface area contributed by atoms with E-state index < -0.39 is 17.6 Å². The van der Waals surface area contributed by atoms with E-state index in [4.69, 9.17) is 14.6 Å². The number of methoxy groups -OCH3 is 1. The van der Waals surface area contributed by atoms with E-state index in [0.29, 0.717) is 55.0 Å². The van der Waals surface area contributed by atoms with Crippen LogP contribution in [0.25, 0.3) is 5.65 Å². The molecule has 2 amide bonds. The minimum Gasteiger partial charge on any atom is -0.444 e. The van der Waals surface area contributed by atoms with E-state index in [0.717, 1.165) is 100 Å². The van der Waals surface area contributed by atoms with Gasteiger partial charge in [0.05, 0.1) is 36.6 Å². The van der Waals surface area contributed by atoms with Gasteiger partial charge in [-0.1, -0.05) is 12.1 Å². The number of amides is 2. The third kappa shape index (κ3) is 8.49. The summed E-state index contributed by atoms with van der Waals surface area (Å²) in [4.78, 5) is 38.3. The van der Waals surface area contributed by atoms with Crippen LogP contribution < -0.4 is 15.5 Å². The lowest BCUT2D eigenvalue weighted by Gasteiger charge is -2.46. The number of halogens is 2. The number of rotatable bonds is 10. The van der Waals surface area contributed by atoms with Crippen LogP contribution in [-0.4, -0.2) is 131 Å². The van der Waals surface area contributed by atoms with Gasteiger partial charge in [-0.05, 0) is 121 Å². The van der Waals surface area contributed by atoms with E-state index >= 15 is 8.78 Å². The molecule has 15 heteroatoms. The van der Waals surface area contributed by atoms with Crippen LogP contribution in [0.15, 0.2) is 30.5 Å². The van der Waals surface area contributed by atoms with Crippen LogP contribution in [0.1, 0.15) is 93.8 Å². The van der Waals surface area contributed by atoms with Crippen molar-refractivity contribution >= 4 is 34.8 Å². The lowest BCUT2D eigenvalue weighted by atomic mass is 9.82. The summed E-state index contributed by atoms with van der Waals surface area (Å²) in [6.07, 6.45) is 9.32. The molecule has 5 aliphatic rings. The molecule has 2 N–H and O–H groups in total. The molecule has 3 atom stereocenters. The van der Waals surface area contributed by atoms with Gasteiger partial charge in [-0.15, -0.1) is 5.10 Å². The fraction of sp³-hybridized carbons (Fsp3) is 0.674. The van der Waals surface area contributed by atoms with Crippen molar-refractivity contribution in [3.8, 4) is 0 Å². The second-order valence-corrected chi connectivity index (χ2v) is 18.2. The summed E-state index contributed by atoms with van der Waals surface area (Å²) in [6, 6.07) is 7.32. The van der Waals surface area contributed by atoms with Gasteiger partial charge < -0.3 is 29.9 Å². The molecule has 3 saturated heterocycles. The van der Waals surface area contributed by atoms with E-state index in [-0.39, 0.29) is 30.7 Å². The molecule has 0 spiro atoms. The zero-order chi connectivity index (χ0) is 40.8. The van der Waals surface area contributed by atoms with Crippen LogP contribution in [0.3, 0.4) is 0 Å². The molecule has 0 radical (unpaired) electrons. The van der Waals surface area contributed by atoms with Crippen LogP contribution in [0, 0.1) is 11.8 Å². The van der Waals surface area contributed by atoms with Crippen LogP contribution in [0.2, 0.25) is 0 Å². The van der Waals surface area contributed by atoms with Crippen molar-refractivity contribution in [3.05, 3.63) is 47.3 Å². The highest BCUT2D eigenvalue weighted by atomic mass is 19.3. The Bertz CT molecular complexity index is 1950. The van der Waals surface area contributed by atoms with Crippen molar-refractivity contribution in [2.45, 2.75) is 115 Å². The fourth-order valence-corrected chi connectivity index (χ4v) is 9.95. The number of aromatic nitrogens is 3. The number of carbonyl (C=O) groups excluding carboxylic acids is 2. The molecule has 0 bridgehead atoms. The average molecular weight is 806 g/mol. The molecule has 1 saturated carbocycles. The number of hydrogen-bond acceptors (Lipinski definition) is 10. The minimum atomic E-state index is -2.80. The largest absolute Gasteiger partial charge is 0.444 e. The summed E-state index contributed by atoms with van der Waals surface area (Å²) in [6.45, 7) is 10.1. The Balaban J connectivity index is 0.863. The van der Waals surface area contributed by atoms with Crippen LogP contribution in [0.4, 0.5) is 30.8 Å². The van der Waals surface area contributed by atoms with E-state index in [2.05, 4.69) is 37.6 Å². The number of alkyl halides is 2. The standard InChI is InChI=1S/C43H61F2N9O4/c1-42(2,3)58-41(56)52-20-13-29(14-21-52)23-28-11-18-51(19-12-28)37-16-17-50(27-43(37,44)45)26-30-7-6-8-34-31(30)15-22-53(34)38-24-33(46-4)39-47-25-35(54(39)49-38)40(55)48-32-9-10-36(32)57-5/h6-8,24-25,28-29,32,36-37,46H,9-23,26-27H2,1-5H3,(H,48,55)/t32-,36-,37?/m1/s1.